The fourth-order valence-electron chi connectivity index (χ4n) is 1.58. The second-order valence-corrected chi connectivity index (χ2v) is 5.21. The molecule has 90 valence electrons. The van der Waals surface area contributed by atoms with Crippen LogP contribution in [0.4, 0.5) is 0 Å². The second-order valence-electron chi connectivity index (χ2n) is 3.79. The summed E-state index contributed by atoms with van der Waals surface area (Å²) in [6.07, 6.45) is -0.436. The predicted octanol–water partition coefficient (Wildman–Crippen LogP) is 3.22. The van der Waals surface area contributed by atoms with Crippen LogP contribution in [0, 0.1) is 0 Å². The van der Waals surface area contributed by atoms with Crippen LogP contribution in [0.15, 0.2) is 41.8 Å². The highest BCUT2D eigenvalue weighted by atomic mass is 35.5. The first-order valence-corrected chi connectivity index (χ1v) is 6.68. The van der Waals surface area contributed by atoms with Gasteiger partial charge in [-0.15, -0.1) is 11.3 Å². The monoisotopic (exact) mass is 267 g/mol. The first-order chi connectivity index (χ1) is 8.25. The highest BCUT2D eigenvalue weighted by molar-refractivity contribution is 7.10. The average molecular weight is 268 g/mol. The van der Waals surface area contributed by atoms with Gasteiger partial charge in [-0.1, -0.05) is 29.8 Å². The average Bonchev–Trinajstić information content (AvgIpc) is 2.82. The van der Waals surface area contributed by atoms with E-state index in [1.165, 1.54) is 0 Å². The van der Waals surface area contributed by atoms with Crippen LogP contribution in [0.5, 0.6) is 0 Å². The largest absolute Gasteiger partial charge is 0.386 e. The molecule has 0 saturated carbocycles. The molecule has 2 aromatic rings. The minimum atomic E-state index is -0.436. The Kier molecular flexibility index (Phi) is 4.57. The van der Waals surface area contributed by atoms with Crippen LogP contribution in [0.3, 0.4) is 0 Å². The van der Waals surface area contributed by atoms with Crippen molar-refractivity contribution in [3.05, 3.63) is 57.2 Å². The quantitative estimate of drug-likeness (QED) is 0.872. The zero-order valence-corrected chi connectivity index (χ0v) is 10.8. The lowest BCUT2D eigenvalue weighted by atomic mass is 10.2. The van der Waals surface area contributed by atoms with Crippen molar-refractivity contribution in [2.75, 3.05) is 6.54 Å². The van der Waals surface area contributed by atoms with Crippen molar-refractivity contribution >= 4 is 22.9 Å². The van der Waals surface area contributed by atoms with Crippen LogP contribution >= 0.6 is 22.9 Å². The second kappa shape index (κ2) is 6.17. The van der Waals surface area contributed by atoms with Crippen molar-refractivity contribution in [1.82, 2.24) is 5.32 Å². The molecule has 0 spiro atoms. The maximum absolute atomic E-state index is 9.86. The molecule has 2 N–H and O–H groups in total. The molecule has 0 radical (unpaired) electrons. The number of hydrogen-bond donors (Lipinski definition) is 2. The summed E-state index contributed by atoms with van der Waals surface area (Å²) >= 11 is 7.46. The van der Waals surface area contributed by atoms with Crippen molar-refractivity contribution in [2.24, 2.45) is 0 Å². The number of halogens is 1. The lowest BCUT2D eigenvalue weighted by Gasteiger charge is -2.10. The minimum Gasteiger partial charge on any atom is -0.386 e. The number of nitrogens with one attached hydrogen (secondary N) is 1. The summed E-state index contributed by atoms with van der Waals surface area (Å²) in [6.45, 7) is 1.26. The molecule has 0 saturated heterocycles. The van der Waals surface area contributed by atoms with Gasteiger partial charge in [0, 0.05) is 23.0 Å². The summed E-state index contributed by atoms with van der Waals surface area (Å²) < 4.78 is 0. The van der Waals surface area contributed by atoms with Gasteiger partial charge in [0.25, 0.3) is 0 Å². The summed E-state index contributed by atoms with van der Waals surface area (Å²) in [5, 5.41) is 15.8. The maximum Gasteiger partial charge on any atom is 0.101 e. The van der Waals surface area contributed by atoms with E-state index >= 15 is 0 Å². The first-order valence-electron chi connectivity index (χ1n) is 5.42. The molecule has 2 nitrogen and oxygen atoms in total. The van der Waals surface area contributed by atoms with Crippen LogP contribution < -0.4 is 5.32 Å². The Morgan fingerprint density at radius 1 is 1.29 bits per heavy atom. The summed E-state index contributed by atoms with van der Waals surface area (Å²) in [5.41, 5.74) is 1.12. The van der Waals surface area contributed by atoms with Gasteiger partial charge >= 0.3 is 0 Å². The van der Waals surface area contributed by atoms with E-state index in [0.717, 1.165) is 15.5 Å². The fraction of sp³-hybridized carbons (Fsp3) is 0.231. The third kappa shape index (κ3) is 3.82. The Labute approximate surface area is 110 Å². The molecule has 4 heteroatoms. The summed E-state index contributed by atoms with van der Waals surface area (Å²) in [5.74, 6) is 0. The fourth-order valence-corrected chi connectivity index (χ4v) is 2.51. The van der Waals surface area contributed by atoms with Crippen molar-refractivity contribution in [3.8, 4) is 0 Å². The van der Waals surface area contributed by atoms with E-state index in [-0.39, 0.29) is 0 Å². The van der Waals surface area contributed by atoms with Crippen molar-refractivity contribution in [1.29, 1.82) is 0 Å². The first kappa shape index (κ1) is 12.6. The molecule has 0 bridgehead atoms. The van der Waals surface area contributed by atoms with E-state index in [1.807, 2.05) is 41.8 Å². The number of thiophene rings is 1. The third-order valence-corrected chi connectivity index (χ3v) is 3.64. The lowest BCUT2D eigenvalue weighted by Crippen LogP contribution is -2.20. The highest BCUT2D eigenvalue weighted by Crippen LogP contribution is 2.18. The minimum absolute atomic E-state index is 0.436. The molecule has 0 aliphatic rings. The summed E-state index contributed by atoms with van der Waals surface area (Å²) in [6, 6.07) is 11.6. The molecule has 1 heterocycles. The Balaban J connectivity index is 1.80. The zero-order valence-electron chi connectivity index (χ0n) is 9.27. The topological polar surface area (TPSA) is 32.3 Å². The molecule has 1 aromatic heterocycles. The summed E-state index contributed by atoms with van der Waals surface area (Å²) in [4.78, 5) is 0.989. The van der Waals surface area contributed by atoms with Crippen LogP contribution in [0.2, 0.25) is 5.02 Å². The van der Waals surface area contributed by atoms with Gasteiger partial charge in [-0.2, -0.15) is 0 Å². The normalized spacial score (nSPS) is 12.6. The van der Waals surface area contributed by atoms with Crippen LogP contribution in [0.25, 0.3) is 0 Å². The molecule has 1 aromatic carbocycles. The van der Waals surface area contributed by atoms with Gasteiger partial charge in [-0.25, -0.2) is 0 Å². The van der Waals surface area contributed by atoms with Gasteiger partial charge in [0.05, 0.1) is 0 Å². The van der Waals surface area contributed by atoms with Crippen molar-refractivity contribution in [3.63, 3.8) is 0 Å². The Morgan fingerprint density at radius 3 is 2.88 bits per heavy atom. The smallest absolute Gasteiger partial charge is 0.101 e. The van der Waals surface area contributed by atoms with Gasteiger partial charge < -0.3 is 10.4 Å². The SMILES string of the molecule is OC(CNCc1cccc(Cl)c1)c1cccs1. The molecular formula is C13H14ClNOS. The highest BCUT2D eigenvalue weighted by Gasteiger charge is 2.07. The van der Waals surface area contributed by atoms with Crippen molar-refractivity contribution < 1.29 is 5.11 Å². The van der Waals surface area contributed by atoms with E-state index < -0.39 is 6.10 Å². The van der Waals surface area contributed by atoms with E-state index in [1.54, 1.807) is 11.3 Å². The van der Waals surface area contributed by atoms with E-state index in [0.29, 0.717) is 13.1 Å². The number of aliphatic hydroxyl groups is 1. The Hall–Kier alpha value is -0.870. The number of hydrogen-bond acceptors (Lipinski definition) is 3. The number of aliphatic hydroxyl groups excluding tert-OH is 1. The van der Waals surface area contributed by atoms with E-state index in [9.17, 15) is 5.11 Å². The molecule has 1 unspecified atom stereocenters. The molecule has 0 amide bonds. The summed E-state index contributed by atoms with van der Waals surface area (Å²) in [7, 11) is 0. The zero-order chi connectivity index (χ0) is 12.1. The molecule has 0 aliphatic heterocycles. The van der Waals surface area contributed by atoms with Crippen LogP contribution in [0.1, 0.15) is 16.5 Å². The number of benzene rings is 1. The van der Waals surface area contributed by atoms with Crippen LogP contribution in [-0.4, -0.2) is 11.7 Å². The lowest BCUT2D eigenvalue weighted by molar-refractivity contribution is 0.178. The van der Waals surface area contributed by atoms with Crippen molar-refractivity contribution in [2.45, 2.75) is 12.6 Å². The molecular weight excluding hydrogens is 254 g/mol. The standard InChI is InChI=1S/C13H14ClNOS/c14-11-4-1-3-10(7-11)8-15-9-12(16)13-5-2-6-17-13/h1-7,12,15-16H,8-9H2. The Morgan fingerprint density at radius 2 is 2.18 bits per heavy atom. The predicted molar refractivity (Wildman–Crippen MR) is 72.4 cm³/mol. The maximum atomic E-state index is 9.86. The molecule has 0 fully saturated rings. The molecule has 1 atom stereocenters. The van der Waals surface area contributed by atoms with Gasteiger partial charge in [0.1, 0.15) is 6.10 Å². The van der Waals surface area contributed by atoms with Gasteiger partial charge in [-0.3, -0.25) is 0 Å². The number of rotatable bonds is 5. The van der Waals surface area contributed by atoms with Gasteiger partial charge in [0.15, 0.2) is 0 Å². The van der Waals surface area contributed by atoms with E-state index in [2.05, 4.69) is 5.32 Å². The van der Waals surface area contributed by atoms with E-state index in [4.69, 9.17) is 11.6 Å². The van der Waals surface area contributed by atoms with Crippen LogP contribution in [-0.2, 0) is 6.54 Å². The molecule has 2 rings (SSSR count). The van der Waals surface area contributed by atoms with Gasteiger partial charge in [-0.05, 0) is 29.1 Å². The molecule has 0 aliphatic carbocycles. The van der Waals surface area contributed by atoms with Gasteiger partial charge in [0.2, 0.25) is 0 Å². The Bertz CT molecular complexity index is 458. The molecule has 17 heavy (non-hydrogen) atoms. The third-order valence-electron chi connectivity index (χ3n) is 2.43.